The Morgan fingerprint density at radius 3 is 2.09 bits per heavy atom. The molecule has 0 aromatic heterocycles. The second-order valence-corrected chi connectivity index (χ2v) is 9.85. The molecule has 1 aromatic rings. The first-order valence-corrected chi connectivity index (χ1v) is 10.8. The number of hydrogen-bond acceptors (Lipinski definition) is 6. The fourth-order valence-corrected chi connectivity index (χ4v) is 4.19. The first-order chi connectivity index (χ1) is 10.1. The van der Waals surface area contributed by atoms with Gasteiger partial charge in [0.2, 0.25) is 0 Å². The summed E-state index contributed by atoms with van der Waals surface area (Å²) in [5.74, 6) is 0. The van der Waals surface area contributed by atoms with Gasteiger partial charge in [0, 0.05) is 18.6 Å². The zero-order valence-corrected chi connectivity index (χ0v) is 14.2. The molecule has 1 aliphatic carbocycles. The summed E-state index contributed by atoms with van der Waals surface area (Å²) in [6.07, 6.45) is 4.66. The van der Waals surface area contributed by atoms with Gasteiger partial charge in [0.15, 0.2) is 19.7 Å². The van der Waals surface area contributed by atoms with Crippen molar-refractivity contribution in [3.63, 3.8) is 0 Å². The standard InChI is InChI=1S/C14H21NO5S2/c1-21(17,18)12-7-8-13(14(9-12)22(2,19)20)15-10-3-5-11(16)6-4-10/h7-11,15-16H,3-6H2,1-2H3. The SMILES string of the molecule is CS(=O)(=O)c1ccc(NC2CCC(O)CC2)c(S(C)(=O)=O)c1. The van der Waals surface area contributed by atoms with Gasteiger partial charge in [-0.05, 0) is 43.9 Å². The molecule has 8 heteroatoms. The number of aliphatic hydroxyl groups excluding tert-OH is 1. The Hall–Kier alpha value is -1.12. The average Bonchev–Trinajstić information content (AvgIpc) is 2.39. The molecule has 0 unspecified atom stereocenters. The molecule has 0 amide bonds. The normalized spacial score (nSPS) is 23.2. The van der Waals surface area contributed by atoms with Crippen LogP contribution in [0.4, 0.5) is 5.69 Å². The Balaban J connectivity index is 2.35. The third-order valence-electron chi connectivity index (χ3n) is 3.84. The fourth-order valence-electron chi connectivity index (χ4n) is 2.60. The molecule has 0 atom stereocenters. The van der Waals surface area contributed by atoms with Gasteiger partial charge in [0.05, 0.1) is 21.6 Å². The van der Waals surface area contributed by atoms with Crippen LogP contribution in [0.2, 0.25) is 0 Å². The molecule has 2 rings (SSSR count). The zero-order valence-electron chi connectivity index (χ0n) is 12.6. The zero-order chi connectivity index (χ0) is 16.5. The number of hydrogen-bond donors (Lipinski definition) is 2. The van der Waals surface area contributed by atoms with E-state index in [0.717, 1.165) is 25.4 Å². The van der Waals surface area contributed by atoms with Crippen molar-refractivity contribution in [2.45, 2.75) is 47.6 Å². The maximum absolute atomic E-state index is 12.0. The first kappa shape index (κ1) is 17.2. The number of aliphatic hydroxyl groups is 1. The molecule has 1 aliphatic rings. The molecule has 0 radical (unpaired) electrons. The third kappa shape index (κ3) is 4.21. The lowest BCUT2D eigenvalue weighted by Gasteiger charge is -2.27. The largest absolute Gasteiger partial charge is 0.393 e. The minimum Gasteiger partial charge on any atom is -0.393 e. The van der Waals surface area contributed by atoms with Crippen LogP contribution in [0.1, 0.15) is 25.7 Å². The van der Waals surface area contributed by atoms with Crippen molar-refractivity contribution in [2.24, 2.45) is 0 Å². The van der Waals surface area contributed by atoms with Gasteiger partial charge < -0.3 is 10.4 Å². The number of rotatable bonds is 4. The highest BCUT2D eigenvalue weighted by Crippen LogP contribution is 2.28. The molecule has 0 spiro atoms. The van der Waals surface area contributed by atoms with Crippen molar-refractivity contribution in [1.29, 1.82) is 0 Å². The molecule has 0 aliphatic heterocycles. The minimum atomic E-state index is -3.55. The van der Waals surface area contributed by atoms with Gasteiger partial charge in [-0.1, -0.05) is 0 Å². The van der Waals surface area contributed by atoms with Gasteiger partial charge in [-0.2, -0.15) is 0 Å². The second-order valence-electron chi connectivity index (χ2n) is 5.85. The molecular weight excluding hydrogens is 326 g/mol. The van der Waals surface area contributed by atoms with Gasteiger partial charge in [-0.25, -0.2) is 16.8 Å². The van der Waals surface area contributed by atoms with Gasteiger partial charge in [0.1, 0.15) is 0 Å². The Morgan fingerprint density at radius 2 is 1.59 bits per heavy atom. The van der Waals surface area contributed by atoms with Gasteiger partial charge in [-0.3, -0.25) is 0 Å². The van der Waals surface area contributed by atoms with E-state index in [-0.39, 0.29) is 21.9 Å². The first-order valence-electron chi connectivity index (χ1n) is 7.06. The van der Waals surface area contributed by atoms with Crippen molar-refractivity contribution >= 4 is 25.4 Å². The van der Waals surface area contributed by atoms with Crippen molar-refractivity contribution in [1.82, 2.24) is 0 Å². The van der Waals surface area contributed by atoms with E-state index in [0.29, 0.717) is 18.5 Å². The van der Waals surface area contributed by atoms with Crippen molar-refractivity contribution in [3.05, 3.63) is 18.2 Å². The van der Waals surface area contributed by atoms with Crippen LogP contribution in [0.5, 0.6) is 0 Å². The van der Waals surface area contributed by atoms with Crippen LogP contribution in [0, 0.1) is 0 Å². The smallest absolute Gasteiger partial charge is 0.177 e. The van der Waals surface area contributed by atoms with E-state index in [4.69, 9.17) is 0 Å². The Morgan fingerprint density at radius 1 is 1.00 bits per heavy atom. The summed E-state index contributed by atoms with van der Waals surface area (Å²) in [6, 6.07) is 4.18. The topological polar surface area (TPSA) is 101 Å². The Kier molecular flexibility index (Phi) is 4.84. The highest BCUT2D eigenvalue weighted by molar-refractivity contribution is 7.91. The van der Waals surface area contributed by atoms with Gasteiger partial charge in [0.25, 0.3) is 0 Å². The maximum Gasteiger partial charge on any atom is 0.177 e. The Labute approximate surface area is 131 Å². The quantitative estimate of drug-likeness (QED) is 0.849. The lowest BCUT2D eigenvalue weighted by Crippen LogP contribution is -2.28. The highest BCUT2D eigenvalue weighted by atomic mass is 32.2. The summed E-state index contributed by atoms with van der Waals surface area (Å²) >= 11 is 0. The van der Waals surface area contributed by atoms with Crippen LogP contribution in [0.3, 0.4) is 0 Å². The lowest BCUT2D eigenvalue weighted by atomic mass is 9.93. The number of nitrogens with one attached hydrogen (secondary N) is 1. The number of anilines is 1. The molecule has 1 fully saturated rings. The minimum absolute atomic E-state index is 0.0125. The molecule has 2 N–H and O–H groups in total. The number of benzene rings is 1. The van der Waals surface area contributed by atoms with Gasteiger partial charge >= 0.3 is 0 Å². The summed E-state index contributed by atoms with van der Waals surface area (Å²) in [5, 5.41) is 12.7. The summed E-state index contributed by atoms with van der Waals surface area (Å²) in [5.41, 5.74) is 0.413. The van der Waals surface area contributed by atoms with Crippen molar-refractivity contribution in [3.8, 4) is 0 Å². The molecule has 6 nitrogen and oxygen atoms in total. The molecular formula is C14H21NO5S2. The van der Waals surface area contributed by atoms with Gasteiger partial charge in [-0.15, -0.1) is 0 Å². The molecule has 1 aromatic carbocycles. The monoisotopic (exact) mass is 347 g/mol. The fraction of sp³-hybridized carbons (Fsp3) is 0.571. The number of sulfone groups is 2. The van der Waals surface area contributed by atoms with Crippen molar-refractivity contribution in [2.75, 3.05) is 17.8 Å². The molecule has 0 saturated heterocycles. The van der Waals surface area contributed by atoms with E-state index in [1.807, 2.05) is 0 Å². The highest BCUT2D eigenvalue weighted by Gasteiger charge is 2.23. The van der Waals surface area contributed by atoms with E-state index in [2.05, 4.69) is 5.32 Å². The summed E-state index contributed by atoms with van der Waals surface area (Å²) in [6.45, 7) is 0. The molecule has 124 valence electrons. The van der Waals surface area contributed by atoms with Crippen LogP contribution in [0.25, 0.3) is 0 Å². The van der Waals surface area contributed by atoms with Crippen LogP contribution >= 0.6 is 0 Å². The predicted molar refractivity (Wildman–Crippen MR) is 84.5 cm³/mol. The van der Waals surface area contributed by atoms with E-state index < -0.39 is 19.7 Å². The molecule has 0 bridgehead atoms. The summed E-state index contributed by atoms with van der Waals surface area (Å²) < 4.78 is 47.1. The van der Waals surface area contributed by atoms with E-state index in [1.165, 1.54) is 18.2 Å². The van der Waals surface area contributed by atoms with Crippen LogP contribution in [-0.2, 0) is 19.7 Å². The van der Waals surface area contributed by atoms with Crippen LogP contribution in [-0.4, -0.2) is 46.6 Å². The summed E-state index contributed by atoms with van der Waals surface area (Å²) in [4.78, 5) is -0.0286. The van der Waals surface area contributed by atoms with E-state index in [9.17, 15) is 21.9 Å². The maximum atomic E-state index is 12.0. The van der Waals surface area contributed by atoms with Crippen LogP contribution < -0.4 is 5.32 Å². The van der Waals surface area contributed by atoms with Crippen molar-refractivity contribution < 1.29 is 21.9 Å². The molecule has 22 heavy (non-hydrogen) atoms. The van der Waals surface area contributed by atoms with E-state index >= 15 is 0 Å². The Bertz CT molecular complexity index is 747. The summed E-state index contributed by atoms with van der Waals surface area (Å²) in [7, 11) is -7.02. The lowest BCUT2D eigenvalue weighted by molar-refractivity contribution is 0.126. The van der Waals surface area contributed by atoms with Crippen LogP contribution in [0.15, 0.2) is 28.0 Å². The second kappa shape index (κ2) is 6.17. The average molecular weight is 347 g/mol. The molecule has 0 heterocycles. The molecule has 1 saturated carbocycles. The van der Waals surface area contributed by atoms with E-state index in [1.54, 1.807) is 0 Å². The predicted octanol–water partition coefficient (Wildman–Crippen LogP) is 1.21. The third-order valence-corrected chi connectivity index (χ3v) is 6.08.